The Hall–Kier alpha value is -3.39. The molecule has 8 heteroatoms. The quantitative estimate of drug-likeness (QED) is 0.425. The maximum Gasteiger partial charge on any atom is 0.248 e. The van der Waals surface area contributed by atoms with Crippen molar-refractivity contribution >= 4 is 17.7 Å². The number of rotatable bonds is 10. The molecule has 0 unspecified atom stereocenters. The average molecular weight is 561 g/mol. The fourth-order valence-electron chi connectivity index (χ4n) is 6.75. The number of hydrogen-bond donors (Lipinski definition) is 2. The number of hydrogen-bond acceptors (Lipinski definition) is 5. The van der Waals surface area contributed by atoms with Crippen LogP contribution >= 0.6 is 0 Å². The molecule has 2 aromatic carbocycles. The predicted octanol–water partition coefficient (Wildman–Crippen LogP) is 5.01. The summed E-state index contributed by atoms with van der Waals surface area (Å²) in [6, 6.07) is 14.4. The summed E-state index contributed by atoms with van der Waals surface area (Å²) in [5, 5.41) is 3.19. The lowest BCUT2D eigenvalue weighted by Gasteiger charge is -2.52. The van der Waals surface area contributed by atoms with E-state index in [-0.39, 0.29) is 17.9 Å². The van der Waals surface area contributed by atoms with Gasteiger partial charge in [0.05, 0.1) is 0 Å². The van der Waals surface area contributed by atoms with Gasteiger partial charge in [-0.25, -0.2) is 0 Å². The summed E-state index contributed by atoms with van der Waals surface area (Å²) in [6.07, 6.45) is 10.1. The highest BCUT2D eigenvalue weighted by Crippen LogP contribution is 2.36. The van der Waals surface area contributed by atoms with Gasteiger partial charge in [-0.2, -0.15) is 0 Å². The van der Waals surface area contributed by atoms with Gasteiger partial charge in [0.2, 0.25) is 17.7 Å². The van der Waals surface area contributed by atoms with Crippen molar-refractivity contribution < 1.29 is 19.1 Å². The smallest absolute Gasteiger partial charge is 0.248 e. The molecule has 3 aliphatic rings. The predicted molar refractivity (Wildman–Crippen MR) is 158 cm³/mol. The highest BCUT2D eigenvalue weighted by molar-refractivity contribution is 6.00. The Kier molecular flexibility index (Phi) is 9.28. The van der Waals surface area contributed by atoms with Crippen molar-refractivity contribution in [3.8, 4) is 11.5 Å². The molecule has 1 spiro atoms. The van der Waals surface area contributed by atoms with Crippen LogP contribution in [0.2, 0.25) is 0 Å². The molecule has 5 rings (SSSR count). The Morgan fingerprint density at radius 1 is 0.976 bits per heavy atom. The zero-order chi connectivity index (χ0) is 28.8. The molecule has 2 aromatic rings. The number of nitrogens with one attached hydrogen (secondary N) is 1. The number of benzene rings is 2. The lowest BCUT2D eigenvalue weighted by atomic mass is 9.79. The van der Waals surface area contributed by atoms with E-state index in [1.165, 1.54) is 32.1 Å². The molecule has 0 aromatic heterocycles. The summed E-state index contributed by atoms with van der Waals surface area (Å²) in [4.78, 5) is 43.1. The Labute approximate surface area is 243 Å². The zero-order valence-electron chi connectivity index (χ0n) is 24.3. The van der Waals surface area contributed by atoms with E-state index < -0.39 is 11.4 Å². The molecule has 3 N–H and O–H groups in total. The van der Waals surface area contributed by atoms with Crippen LogP contribution in [0.3, 0.4) is 0 Å². The lowest BCUT2D eigenvalue weighted by molar-refractivity contribution is -0.162. The summed E-state index contributed by atoms with van der Waals surface area (Å²) in [5.41, 5.74) is 6.18. The second kappa shape index (κ2) is 13.1. The molecule has 220 valence electrons. The first kappa shape index (κ1) is 29.1. The number of primary amides is 1. The number of amides is 3. The van der Waals surface area contributed by atoms with Crippen LogP contribution in [-0.4, -0.2) is 58.7 Å². The first-order valence-corrected chi connectivity index (χ1v) is 15.4. The van der Waals surface area contributed by atoms with E-state index in [0.29, 0.717) is 42.4 Å². The molecule has 2 aliphatic heterocycles. The highest BCUT2D eigenvalue weighted by Gasteiger charge is 2.53. The Morgan fingerprint density at radius 2 is 1.61 bits per heavy atom. The molecular formula is C33H44N4O4. The molecule has 2 saturated heterocycles. The van der Waals surface area contributed by atoms with Gasteiger partial charge in [-0.15, -0.1) is 0 Å². The zero-order valence-corrected chi connectivity index (χ0v) is 24.3. The van der Waals surface area contributed by atoms with Gasteiger partial charge >= 0.3 is 0 Å². The molecular weight excluding hydrogens is 516 g/mol. The monoisotopic (exact) mass is 560 g/mol. The third-order valence-electron chi connectivity index (χ3n) is 9.23. The van der Waals surface area contributed by atoms with Crippen LogP contribution in [0.15, 0.2) is 48.5 Å². The standard InChI is InChI=1S/C33H44N4O4/c1-2-3-19-37-31(39)29(22-24-7-5-4-6-8-24)35-32(40)33(37)17-20-36(21-18-33)23-25-9-13-27(14-10-25)41-28-15-11-26(12-16-28)30(34)38/h9-16,24,29H,2-8,17-23H2,1H3,(H2,34,38)(H,35,40)/t29-/m0/s1. The number of carbonyl (C=O) groups is 3. The summed E-state index contributed by atoms with van der Waals surface area (Å²) in [6.45, 7) is 5.11. The number of nitrogens with two attached hydrogens (primary N) is 1. The van der Waals surface area contributed by atoms with E-state index in [1.807, 2.05) is 17.0 Å². The lowest BCUT2D eigenvalue weighted by Crippen LogP contribution is -2.73. The Balaban J connectivity index is 1.18. The van der Waals surface area contributed by atoms with E-state index in [4.69, 9.17) is 10.5 Å². The van der Waals surface area contributed by atoms with E-state index >= 15 is 0 Å². The summed E-state index contributed by atoms with van der Waals surface area (Å²) < 4.78 is 5.91. The molecule has 1 atom stereocenters. The normalized spacial score (nSPS) is 21.6. The van der Waals surface area contributed by atoms with Gasteiger partial charge < -0.3 is 20.7 Å². The Bertz CT molecular complexity index is 1200. The minimum atomic E-state index is -0.729. The van der Waals surface area contributed by atoms with Crippen LogP contribution in [0, 0.1) is 5.92 Å². The van der Waals surface area contributed by atoms with Gasteiger partial charge in [0, 0.05) is 31.7 Å². The second-order valence-corrected chi connectivity index (χ2v) is 12.1. The maximum absolute atomic E-state index is 13.8. The number of likely N-dealkylation sites (tertiary alicyclic amines) is 1. The van der Waals surface area contributed by atoms with Crippen LogP contribution in [0.1, 0.15) is 87.1 Å². The van der Waals surface area contributed by atoms with Crippen molar-refractivity contribution in [2.75, 3.05) is 19.6 Å². The summed E-state index contributed by atoms with van der Waals surface area (Å²) >= 11 is 0. The van der Waals surface area contributed by atoms with Gasteiger partial charge in [-0.3, -0.25) is 19.3 Å². The number of ether oxygens (including phenoxy) is 1. The fraction of sp³-hybridized carbons (Fsp3) is 0.545. The van der Waals surface area contributed by atoms with Gasteiger partial charge in [0.25, 0.3) is 0 Å². The number of carbonyl (C=O) groups excluding carboxylic acids is 3. The molecule has 8 nitrogen and oxygen atoms in total. The van der Waals surface area contributed by atoms with Crippen molar-refractivity contribution in [3.05, 3.63) is 59.7 Å². The first-order valence-electron chi connectivity index (χ1n) is 15.4. The third kappa shape index (κ3) is 6.75. The number of nitrogens with zero attached hydrogens (tertiary/aromatic N) is 2. The van der Waals surface area contributed by atoms with Gasteiger partial charge in [-0.1, -0.05) is 57.6 Å². The minimum absolute atomic E-state index is 0.0547. The van der Waals surface area contributed by atoms with Crippen LogP contribution < -0.4 is 15.8 Å². The topological polar surface area (TPSA) is 105 Å². The van der Waals surface area contributed by atoms with Gasteiger partial charge in [-0.05, 0) is 73.6 Å². The third-order valence-corrected chi connectivity index (χ3v) is 9.23. The molecule has 3 amide bonds. The molecule has 0 bridgehead atoms. The van der Waals surface area contributed by atoms with Crippen LogP contribution in [0.25, 0.3) is 0 Å². The molecule has 1 saturated carbocycles. The van der Waals surface area contributed by atoms with E-state index in [0.717, 1.165) is 44.5 Å². The molecule has 3 fully saturated rings. The Morgan fingerprint density at radius 3 is 2.22 bits per heavy atom. The van der Waals surface area contributed by atoms with Gasteiger partial charge in [0.15, 0.2) is 0 Å². The van der Waals surface area contributed by atoms with Crippen molar-refractivity contribution in [2.45, 2.75) is 89.3 Å². The van der Waals surface area contributed by atoms with E-state index in [1.54, 1.807) is 24.3 Å². The highest BCUT2D eigenvalue weighted by atomic mass is 16.5. The minimum Gasteiger partial charge on any atom is -0.457 e. The SMILES string of the molecule is CCCCN1C(=O)[C@H](CC2CCCCC2)NC(=O)C12CCN(Cc1ccc(Oc3ccc(C(N)=O)cc3)cc1)CC2. The summed E-state index contributed by atoms with van der Waals surface area (Å²) in [5.74, 6) is 1.62. The fourth-order valence-corrected chi connectivity index (χ4v) is 6.75. The first-order chi connectivity index (χ1) is 19.9. The average Bonchev–Trinajstić information content (AvgIpc) is 2.99. The van der Waals surface area contributed by atoms with E-state index in [9.17, 15) is 14.4 Å². The van der Waals surface area contributed by atoms with Gasteiger partial charge in [0.1, 0.15) is 23.1 Å². The van der Waals surface area contributed by atoms with Crippen LogP contribution in [0.5, 0.6) is 11.5 Å². The molecule has 1 aliphatic carbocycles. The largest absolute Gasteiger partial charge is 0.457 e. The molecule has 41 heavy (non-hydrogen) atoms. The van der Waals surface area contributed by atoms with Crippen LogP contribution in [0.4, 0.5) is 0 Å². The van der Waals surface area contributed by atoms with Crippen molar-refractivity contribution in [3.63, 3.8) is 0 Å². The van der Waals surface area contributed by atoms with Crippen molar-refractivity contribution in [1.29, 1.82) is 0 Å². The maximum atomic E-state index is 13.8. The van der Waals surface area contributed by atoms with Crippen LogP contribution in [-0.2, 0) is 16.1 Å². The number of piperazine rings is 1. The van der Waals surface area contributed by atoms with Crippen molar-refractivity contribution in [1.82, 2.24) is 15.1 Å². The summed E-state index contributed by atoms with van der Waals surface area (Å²) in [7, 11) is 0. The number of unbranched alkanes of at least 4 members (excludes halogenated alkanes) is 1. The second-order valence-electron chi connectivity index (χ2n) is 12.1. The molecule has 0 radical (unpaired) electrons. The number of piperidine rings is 1. The molecule has 2 heterocycles. The van der Waals surface area contributed by atoms with E-state index in [2.05, 4.69) is 29.3 Å². The van der Waals surface area contributed by atoms with Crippen molar-refractivity contribution in [2.24, 2.45) is 11.7 Å².